The molecule has 0 unspecified atom stereocenters. The first-order valence-corrected chi connectivity index (χ1v) is 10.5. The maximum atomic E-state index is 15.0. The summed E-state index contributed by atoms with van der Waals surface area (Å²) in [5.74, 6) is -1.24. The minimum absolute atomic E-state index is 0.0616. The van der Waals surface area contributed by atoms with Crippen LogP contribution in [-0.2, 0) is 13.0 Å². The zero-order valence-corrected chi connectivity index (χ0v) is 17.3. The number of halogens is 2. The van der Waals surface area contributed by atoms with Crippen molar-refractivity contribution < 1.29 is 8.78 Å². The summed E-state index contributed by atoms with van der Waals surface area (Å²) >= 11 is 0. The molecule has 9 heteroatoms. The van der Waals surface area contributed by atoms with E-state index < -0.39 is 17.1 Å². The number of imidazole rings is 1. The van der Waals surface area contributed by atoms with E-state index in [9.17, 15) is 13.6 Å². The summed E-state index contributed by atoms with van der Waals surface area (Å²) in [7, 11) is 0. The normalized spacial score (nSPS) is 13.4. The number of benzene rings is 2. The number of aromatic nitrogens is 4. The second kappa shape index (κ2) is 7.49. The molecule has 0 fully saturated rings. The summed E-state index contributed by atoms with van der Waals surface area (Å²) in [5, 5.41) is 6.38. The van der Waals surface area contributed by atoms with Crippen molar-refractivity contribution in [3.05, 3.63) is 88.0 Å². The van der Waals surface area contributed by atoms with Crippen molar-refractivity contribution in [2.24, 2.45) is 0 Å². The maximum absolute atomic E-state index is 15.0. The highest BCUT2D eigenvalue weighted by Crippen LogP contribution is 2.28. The molecular weight excluding hydrogens is 426 g/mol. The van der Waals surface area contributed by atoms with E-state index in [0.29, 0.717) is 11.2 Å². The fraction of sp³-hybridized carbons (Fsp3) is 0.125. The molecule has 5 aromatic rings. The van der Waals surface area contributed by atoms with Gasteiger partial charge in [0.15, 0.2) is 11.2 Å². The third-order valence-corrected chi connectivity index (χ3v) is 5.92. The molecule has 0 radical (unpaired) electrons. The minimum Gasteiger partial charge on any atom is -0.346 e. The van der Waals surface area contributed by atoms with Gasteiger partial charge in [-0.05, 0) is 48.4 Å². The number of aromatic amines is 1. The fourth-order valence-electron chi connectivity index (χ4n) is 4.34. The summed E-state index contributed by atoms with van der Waals surface area (Å²) in [6.45, 7) is 1.73. The van der Waals surface area contributed by atoms with Gasteiger partial charge in [0.25, 0.3) is 0 Å². The first-order chi connectivity index (χ1) is 16.1. The molecule has 0 aliphatic carbocycles. The van der Waals surface area contributed by atoms with E-state index >= 15 is 0 Å². The zero-order chi connectivity index (χ0) is 22.5. The van der Waals surface area contributed by atoms with Crippen molar-refractivity contribution >= 4 is 28.2 Å². The second-order valence-corrected chi connectivity index (χ2v) is 8.00. The molecule has 0 saturated heterocycles. The van der Waals surface area contributed by atoms with Crippen LogP contribution < -0.4 is 16.1 Å². The number of hydrogen-bond acceptors (Lipinski definition) is 5. The Labute approximate surface area is 186 Å². The molecule has 164 valence electrons. The molecule has 6 rings (SSSR count). The number of fused-ring (bicyclic) bond motifs is 4. The average Bonchev–Trinajstić information content (AvgIpc) is 3.28. The largest absolute Gasteiger partial charge is 0.346 e. The number of nitrogens with one attached hydrogen (secondary N) is 3. The minimum atomic E-state index is -0.738. The fourth-order valence-corrected chi connectivity index (χ4v) is 4.34. The Morgan fingerprint density at radius 3 is 2.88 bits per heavy atom. The first kappa shape index (κ1) is 19.6. The van der Waals surface area contributed by atoms with Gasteiger partial charge < -0.3 is 20.0 Å². The van der Waals surface area contributed by atoms with Crippen LogP contribution in [0.5, 0.6) is 0 Å². The lowest BCUT2D eigenvalue weighted by atomic mass is 10.0. The lowest BCUT2D eigenvalue weighted by Crippen LogP contribution is -2.23. The van der Waals surface area contributed by atoms with Crippen molar-refractivity contribution in [1.82, 2.24) is 24.7 Å². The van der Waals surface area contributed by atoms with Gasteiger partial charge in [0, 0.05) is 36.3 Å². The van der Waals surface area contributed by atoms with Crippen LogP contribution in [0, 0.1) is 11.6 Å². The van der Waals surface area contributed by atoms with Gasteiger partial charge in [0.05, 0.1) is 17.1 Å². The summed E-state index contributed by atoms with van der Waals surface area (Å²) in [6, 6.07) is 10.0. The van der Waals surface area contributed by atoms with E-state index in [2.05, 4.69) is 31.7 Å². The lowest BCUT2D eigenvalue weighted by molar-refractivity contribution is 0.617. The molecule has 7 nitrogen and oxygen atoms in total. The van der Waals surface area contributed by atoms with Crippen molar-refractivity contribution in [2.75, 3.05) is 11.9 Å². The van der Waals surface area contributed by atoms with Gasteiger partial charge in [-0.25, -0.2) is 18.7 Å². The predicted molar refractivity (Wildman–Crippen MR) is 122 cm³/mol. The van der Waals surface area contributed by atoms with Crippen molar-refractivity contribution in [3.63, 3.8) is 0 Å². The number of nitrogens with zero attached hydrogens (tertiary/aromatic N) is 3. The van der Waals surface area contributed by atoms with Crippen LogP contribution >= 0.6 is 0 Å². The van der Waals surface area contributed by atoms with Crippen molar-refractivity contribution in [2.45, 2.75) is 13.0 Å². The Kier molecular flexibility index (Phi) is 4.44. The number of rotatable bonds is 3. The topological polar surface area (TPSA) is 87.1 Å². The molecule has 3 N–H and O–H groups in total. The van der Waals surface area contributed by atoms with Crippen LogP contribution in [0.3, 0.4) is 0 Å². The molecule has 33 heavy (non-hydrogen) atoms. The maximum Gasteiger partial charge on any atom is 0.227 e. The summed E-state index contributed by atoms with van der Waals surface area (Å²) < 4.78 is 31.3. The van der Waals surface area contributed by atoms with Crippen molar-refractivity contribution in [3.8, 4) is 11.3 Å². The van der Waals surface area contributed by atoms with Crippen LogP contribution in [0.4, 0.5) is 20.4 Å². The van der Waals surface area contributed by atoms with E-state index in [-0.39, 0.29) is 22.6 Å². The van der Waals surface area contributed by atoms with Crippen LogP contribution in [0.1, 0.15) is 11.1 Å². The highest BCUT2D eigenvalue weighted by atomic mass is 19.1. The van der Waals surface area contributed by atoms with Crippen molar-refractivity contribution in [1.29, 1.82) is 0 Å². The molecule has 3 aromatic heterocycles. The first-order valence-electron chi connectivity index (χ1n) is 10.5. The molecule has 4 heterocycles. The monoisotopic (exact) mass is 444 g/mol. The summed E-state index contributed by atoms with van der Waals surface area (Å²) in [4.78, 5) is 23.7. The van der Waals surface area contributed by atoms with E-state index in [0.717, 1.165) is 37.5 Å². The van der Waals surface area contributed by atoms with Gasteiger partial charge in [0.1, 0.15) is 17.2 Å². The lowest BCUT2D eigenvalue weighted by Gasteiger charge is -2.18. The number of H-pyrrole nitrogens is 1. The summed E-state index contributed by atoms with van der Waals surface area (Å²) in [6.07, 6.45) is 5.34. The molecular formula is C24H18F2N6O. The number of pyridine rings is 1. The molecule has 0 bridgehead atoms. The van der Waals surface area contributed by atoms with Gasteiger partial charge in [0.2, 0.25) is 5.95 Å². The molecule has 1 aliphatic heterocycles. The quantitative estimate of drug-likeness (QED) is 0.393. The third kappa shape index (κ3) is 3.33. The van der Waals surface area contributed by atoms with E-state index in [1.165, 1.54) is 17.2 Å². The standard InChI is InChI=1S/C24H18F2N6O/c25-17-8-14(9-19-22(17)20(33)10-21-28-5-6-32(19)21)23-18(26)12-29-24(31-23)30-16-2-1-13-3-4-27-11-15(13)7-16/h1-2,5-10,12,27-28H,3-4,11H2,(H,29,30,31). The predicted octanol–water partition coefficient (Wildman–Crippen LogP) is 3.91. The molecule has 2 aromatic carbocycles. The number of hydrogen-bond donors (Lipinski definition) is 3. The third-order valence-electron chi connectivity index (χ3n) is 5.92. The van der Waals surface area contributed by atoms with Gasteiger partial charge in [-0.2, -0.15) is 0 Å². The van der Waals surface area contributed by atoms with E-state index in [4.69, 9.17) is 0 Å². The smallest absolute Gasteiger partial charge is 0.227 e. The molecule has 0 saturated carbocycles. The Hall–Kier alpha value is -4.11. The van der Waals surface area contributed by atoms with Crippen LogP contribution in [-0.4, -0.2) is 25.9 Å². The van der Waals surface area contributed by atoms with Crippen LogP contribution in [0.15, 0.2) is 59.8 Å². The SMILES string of the molecule is O=c1cc2[nH]ccn2c2cc(-c3nc(Nc4ccc5c(c4)CNCC5)ncc3F)cc(F)c12. The highest BCUT2D eigenvalue weighted by molar-refractivity contribution is 5.87. The van der Waals surface area contributed by atoms with Crippen LogP contribution in [0.25, 0.3) is 27.8 Å². The van der Waals surface area contributed by atoms with E-state index in [1.807, 2.05) is 12.1 Å². The number of anilines is 2. The summed E-state index contributed by atoms with van der Waals surface area (Å²) in [5.41, 5.74) is 3.78. The van der Waals surface area contributed by atoms with E-state index in [1.54, 1.807) is 22.9 Å². The average molecular weight is 444 g/mol. The van der Waals surface area contributed by atoms with Gasteiger partial charge in [-0.15, -0.1) is 0 Å². The Bertz CT molecular complexity index is 1610. The Morgan fingerprint density at radius 2 is 1.97 bits per heavy atom. The van der Waals surface area contributed by atoms with Crippen LogP contribution in [0.2, 0.25) is 0 Å². The molecule has 1 aliphatic rings. The Balaban J connectivity index is 1.44. The molecule has 0 amide bonds. The highest BCUT2D eigenvalue weighted by Gasteiger charge is 2.17. The zero-order valence-electron chi connectivity index (χ0n) is 17.3. The van der Waals surface area contributed by atoms with Gasteiger partial charge in [-0.1, -0.05) is 6.07 Å². The Morgan fingerprint density at radius 1 is 1.06 bits per heavy atom. The second-order valence-electron chi connectivity index (χ2n) is 8.00. The van der Waals surface area contributed by atoms with Gasteiger partial charge in [-0.3, -0.25) is 4.79 Å². The van der Waals surface area contributed by atoms with Gasteiger partial charge >= 0.3 is 0 Å². The molecule has 0 spiro atoms. The molecule has 0 atom stereocenters.